The van der Waals surface area contributed by atoms with Gasteiger partial charge in [-0.05, 0) is 43.9 Å². The molecule has 1 saturated carbocycles. The molecule has 0 bridgehead atoms. The Morgan fingerprint density at radius 1 is 1.28 bits per heavy atom. The molecule has 0 radical (unpaired) electrons. The van der Waals surface area contributed by atoms with E-state index >= 15 is 0 Å². The van der Waals surface area contributed by atoms with Crippen molar-refractivity contribution in [3.63, 3.8) is 0 Å². The fourth-order valence-electron chi connectivity index (χ4n) is 2.38. The van der Waals surface area contributed by atoms with Crippen LogP contribution < -0.4 is 11.1 Å². The molecule has 1 saturated heterocycles. The van der Waals surface area contributed by atoms with Crippen LogP contribution in [0.5, 0.6) is 0 Å². The highest BCUT2D eigenvalue weighted by atomic mass is 35.5. The van der Waals surface area contributed by atoms with Crippen molar-refractivity contribution in [3.05, 3.63) is 0 Å². The average molecular weight is 277 g/mol. The van der Waals surface area contributed by atoms with Crippen LogP contribution in [-0.2, 0) is 9.53 Å². The molecule has 2 fully saturated rings. The third-order valence-electron chi connectivity index (χ3n) is 3.88. The van der Waals surface area contributed by atoms with Crippen molar-refractivity contribution >= 4 is 18.3 Å². The Bertz CT molecular complexity index is 253. The van der Waals surface area contributed by atoms with E-state index in [-0.39, 0.29) is 24.4 Å². The zero-order chi connectivity index (χ0) is 12.1. The maximum absolute atomic E-state index is 11.6. The molecule has 106 valence electrons. The topological polar surface area (TPSA) is 64.3 Å². The summed E-state index contributed by atoms with van der Waals surface area (Å²) in [5.74, 6) is 1.49. The van der Waals surface area contributed by atoms with E-state index in [1.54, 1.807) is 0 Å². The van der Waals surface area contributed by atoms with Crippen LogP contribution in [0, 0.1) is 11.8 Å². The molecular weight excluding hydrogens is 252 g/mol. The molecule has 2 aliphatic rings. The zero-order valence-electron chi connectivity index (χ0n) is 10.9. The van der Waals surface area contributed by atoms with Crippen LogP contribution in [-0.4, -0.2) is 31.7 Å². The van der Waals surface area contributed by atoms with Crippen LogP contribution in [0.15, 0.2) is 0 Å². The molecule has 18 heavy (non-hydrogen) atoms. The minimum Gasteiger partial charge on any atom is -0.381 e. The van der Waals surface area contributed by atoms with Gasteiger partial charge in [-0.25, -0.2) is 0 Å². The molecule has 1 unspecified atom stereocenters. The minimum atomic E-state index is 0. The lowest BCUT2D eigenvalue weighted by molar-refractivity contribution is -0.121. The molecule has 1 aliphatic heterocycles. The fourth-order valence-corrected chi connectivity index (χ4v) is 2.38. The second-order valence-electron chi connectivity index (χ2n) is 5.40. The Kier molecular flexibility index (Phi) is 6.97. The number of halogens is 1. The molecule has 3 N–H and O–H groups in total. The van der Waals surface area contributed by atoms with Crippen molar-refractivity contribution in [1.29, 1.82) is 0 Å². The van der Waals surface area contributed by atoms with Crippen molar-refractivity contribution < 1.29 is 9.53 Å². The smallest absolute Gasteiger partial charge is 0.220 e. The van der Waals surface area contributed by atoms with E-state index in [0.29, 0.717) is 24.8 Å². The number of ether oxygens (including phenoxy) is 1. The van der Waals surface area contributed by atoms with Gasteiger partial charge < -0.3 is 15.8 Å². The summed E-state index contributed by atoms with van der Waals surface area (Å²) in [4.78, 5) is 11.6. The van der Waals surface area contributed by atoms with Crippen molar-refractivity contribution in [1.82, 2.24) is 5.32 Å². The van der Waals surface area contributed by atoms with Crippen molar-refractivity contribution in [3.8, 4) is 0 Å². The summed E-state index contributed by atoms with van der Waals surface area (Å²) in [5.41, 5.74) is 5.93. The zero-order valence-corrected chi connectivity index (χ0v) is 11.7. The number of nitrogens with two attached hydrogens (primary N) is 1. The molecule has 1 heterocycles. The predicted molar refractivity (Wildman–Crippen MR) is 73.7 cm³/mol. The Morgan fingerprint density at radius 3 is 2.56 bits per heavy atom. The normalized spacial score (nSPS) is 22.1. The second kappa shape index (κ2) is 7.97. The van der Waals surface area contributed by atoms with Gasteiger partial charge in [0.05, 0.1) is 0 Å². The average Bonchev–Trinajstić information content (AvgIpc) is 3.19. The molecule has 1 atom stereocenters. The van der Waals surface area contributed by atoms with Crippen LogP contribution in [0.3, 0.4) is 0 Å². The molecule has 0 aromatic carbocycles. The van der Waals surface area contributed by atoms with Crippen LogP contribution in [0.1, 0.15) is 38.5 Å². The first-order valence-corrected chi connectivity index (χ1v) is 6.85. The van der Waals surface area contributed by atoms with Gasteiger partial charge in [-0.2, -0.15) is 0 Å². The Labute approximate surface area is 115 Å². The quantitative estimate of drug-likeness (QED) is 0.772. The van der Waals surface area contributed by atoms with Gasteiger partial charge >= 0.3 is 0 Å². The molecule has 0 aromatic heterocycles. The Morgan fingerprint density at radius 2 is 1.94 bits per heavy atom. The fraction of sp³-hybridized carbons (Fsp3) is 0.923. The number of amides is 1. The summed E-state index contributed by atoms with van der Waals surface area (Å²) in [7, 11) is 0. The molecule has 4 nitrogen and oxygen atoms in total. The molecular formula is C13H25ClN2O2. The summed E-state index contributed by atoms with van der Waals surface area (Å²) < 4.78 is 5.30. The highest BCUT2D eigenvalue weighted by Crippen LogP contribution is 2.31. The van der Waals surface area contributed by atoms with Gasteiger partial charge in [0.1, 0.15) is 0 Å². The maximum Gasteiger partial charge on any atom is 0.220 e. The van der Waals surface area contributed by atoms with Crippen molar-refractivity contribution in [2.75, 3.05) is 19.8 Å². The summed E-state index contributed by atoms with van der Waals surface area (Å²) in [6.07, 6.45) is 6.32. The number of carbonyl (C=O) groups is 1. The molecule has 1 aliphatic carbocycles. The van der Waals surface area contributed by atoms with E-state index in [2.05, 4.69) is 5.32 Å². The van der Waals surface area contributed by atoms with E-state index in [0.717, 1.165) is 32.5 Å². The summed E-state index contributed by atoms with van der Waals surface area (Å²) in [6, 6.07) is 0.169. The van der Waals surface area contributed by atoms with E-state index in [4.69, 9.17) is 10.5 Å². The summed E-state index contributed by atoms with van der Waals surface area (Å²) >= 11 is 0. The molecule has 0 spiro atoms. The highest BCUT2D eigenvalue weighted by molar-refractivity contribution is 5.85. The first-order valence-electron chi connectivity index (χ1n) is 6.85. The van der Waals surface area contributed by atoms with Crippen LogP contribution in [0.2, 0.25) is 0 Å². The Balaban J connectivity index is 0.00000162. The van der Waals surface area contributed by atoms with E-state index in [9.17, 15) is 4.79 Å². The van der Waals surface area contributed by atoms with Crippen molar-refractivity contribution in [2.45, 2.75) is 44.6 Å². The third kappa shape index (κ3) is 5.55. The molecule has 5 heteroatoms. The number of hydrogen-bond donors (Lipinski definition) is 2. The van der Waals surface area contributed by atoms with Gasteiger partial charge in [-0.1, -0.05) is 0 Å². The molecule has 1 amide bonds. The lowest BCUT2D eigenvalue weighted by Crippen LogP contribution is -2.38. The first kappa shape index (κ1) is 15.7. The largest absolute Gasteiger partial charge is 0.381 e. The standard InChI is InChI=1S/C13H24N2O2.ClH/c14-12(11-2-3-11)9-15-13(16)4-1-10-5-7-17-8-6-10;/h10-12H,1-9,14H2,(H,15,16);1H. The first-order chi connectivity index (χ1) is 8.25. The Hall–Kier alpha value is -0.320. The summed E-state index contributed by atoms with van der Waals surface area (Å²) in [5, 5.41) is 2.95. The third-order valence-corrected chi connectivity index (χ3v) is 3.88. The van der Waals surface area contributed by atoms with Crippen molar-refractivity contribution in [2.24, 2.45) is 17.6 Å². The lowest BCUT2D eigenvalue weighted by Gasteiger charge is -2.21. The van der Waals surface area contributed by atoms with Crippen LogP contribution in [0.4, 0.5) is 0 Å². The molecule has 0 aromatic rings. The van der Waals surface area contributed by atoms with Gasteiger partial charge in [-0.15, -0.1) is 12.4 Å². The van der Waals surface area contributed by atoms with Gasteiger partial charge in [0, 0.05) is 32.2 Å². The predicted octanol–water partition coefficient (Wildman–Crippen LogP) is 1.47. The molecule has 2 rings (SSSR count). The monoisotopic (exact) mass is 276 g/mol. The van der Waals surface area contributed by atoms with Gasteiger partial charge in [-0.3, -0.25) is 4.79 Å². The lowest BCUT2D eigenvalue weighted by atomic mass is 9.95. The van der Waals surface area contributed by atoms with Gasteiger partial charge in [0.25, 0.3) is 0 Å². The highest BCUT2D eigenvalue weighted by Gasteiger charge is 2.28. The van der Waals surface area contributed by atoms with E-state index in [1.165, 1.54) is 12.8 Å². The van der Waals surface area contributed by atoms with Gasteiger partial charge in [0.2, 0.25) is 5.91 Å². The number of carbonyl (C=O) groups excluding carboxylic acids is 1. The van der Waals surface area contributed by atoms with E-state index in [1.807, 2.05) is 0 Å². The summed E-state index contributed by atoms with van der Waals surface area (Å²) in [6.45, 7) is 2.37. The second-order valence-corrected chi connectivity index (χ2v) is 5.40. The van der Waals surface area contributed by atoms with E-state index < -0.39 is 0 Å². The maximum atomic E-state index is 11.6. The SMILES string of the molecule is Cl.NC(CNC(=O)CCC1CCOCC1)C1CC1. The van der Waals surface area contributed by atoms with Crippen LogP contribution in [0.25, 0.3) is 0 Å². The van der Waals surface area contributed by atoms with Crippen LogP contribution >= 0.6 is 12.4 Å². The number of nitrogens with one attached hydrogen (secondary N) is 1. The number of rotatable bonds is 6. The van der Waals surface area contributed by atoms with Gasteiger partial charge in [0.15, 0.2) is 0 Å². The number of hydrogen-bond acceptors (Lipinski definition) is 3. The minimum absolute atomic E-state index is 0.